The van der Waals surface area contributed by atoms with Crippen molar-refractivity contribution in [3.63, 3.8) is 0 Å². The number of carbonyl (C=O) groups excluding carboxylic acids is 2. The fraction of sp³-hybridized carbons (Fsp3) is 0.263. The second-order valence-corrected chi connectivity index (χ2v) is 5.75. The monoisotopic (exact) mass is 309 g/mol. The van der Waals surface area contributed by atoms with E-state index in [4.69, 9.17) is 4.74 Å². The molecule has 3 rings (SSSR count). The predicted octanol–water partition coefficient (Wildman–Crippen LogP) is 3.38. The first kappa shape index (κ1) is 15.3. The Morgan fingerprint density at radius 1 is 1.09 bits per heavy atom. The van der Waals surface area contributed by atoms with Crippen LogP contribution in [0.25, 0.3) is 0 Å². The standard InChI is InChI=1S/C19H19NO3/c1-13-3-5-14(6-4-13)19(22)17-11-12-18(21)20(17)15-7-9-16(23-2)10-8-15/h3-10,17H,11-12H2,1-2H3. The van der Waals surface area contributed by atoms with Gasteiger partial charge in [0.15, 0.2) is 5.78 Å². The van der Waals surface area contributed by atoms with Crippen molar-refractivity contribution in [1.29, 1.82) is 0 Å². The molecule has 1 unspecified atom stereocenters. The van der Waals surface area contributed by atoms with Crippen molar-refractivity contribution >= 4 is 17.4 Å². The van der Waals surface area contributed by atoms with Crippen LogP contribution in [-0.2, 0) is 4.79 Å². The molecule has 4 heteroatoms. The van der Waals surface area contributed by atoms with Crippen molar-refractivity contribution in [2.24, 2.45) is 0 Å². The quantitative estimate of drug-likeness (QED) is 0.813. The molecule has 1 heterocycles. The maximum atomic E-state index is 12.8. The van der Waals surface area contributed by atoms with Gasteiger partial charge in [-0.25, -0.2) is 0 Å². The van der Waals surface area contributed by atoms with Gasteiger partial charge in [-0.15, -0.1) is 0 Å². The van der Waals surface area contributed by atoms with Crippen molar-refractivity contribution < 1.29 is 14.3 Å². The van der Waals surface area contributed by atoms with Gasteiger partial charge in [0, 0.05) is 17.7 Å². The molecule has 1 fully saturated rings. The summed E-state index contributed by atoms with van der Waals surface area (Å²) in [5.74, 6) is 0.703. The third kappa shape index (κ3) is 2.97. The fourth-order valence-electron chi connectivity index (χ4n) is 2.91. The molecule has 118 valence electrons. The first-order valence-corrected chi connectivity index (χ1v) is 7.67. The highest BCUT2D eigenvalue weighted by atomic mass is 16.5. The van der Waals surface area contributed by atoms with Gasteiger partial charge in [0.25, 0.3) is 0 Å². The van der Waals surface area contributed by atoms with Crippen LogP contribution in [0.1, 0.15) is 28.8 Å². The smallest absolute Gasteiger partial charge is 0.227 e. The van der Waals surface area contributed by atoms with Gasteiger partial charge in [-0.05, 0) is 37.6 Å². The molecule has 0 N–H and O–H groups in total. The molecule has 0 saturated carbocycles. The Morgan fingerprint density at radius 2 is 1.74 bits per heavy atom. The van der Waals surface area contributed by atoms with E-state index in [0.717, 1.165) is 17.0 Å². The highest BCUT2D eigenvalue weighted by Crippen LogP contribution is 2.30. The number of rotatable bonds is 4. The zero-order chi connectivity index (χ0) is 16.4. The van der Waals surface area contributed by atoms with Crippen LogP contribution in [0.15, 0.2) is 48.5 Å². The molecule has 1 aliphatic rings. The number of anilines is 1. The van der Waals surface area contributed by atoms with Gasteiger partial charge in [-0.2, -0.15) is 0 Å². The summed E-state index contributed by atoms with van der Waals surface area (Å²) in [7, 11) is 1.60. The second kappa shape index (κ2) is 6.24. The molecule has 0 spiro atoms. The molecule has 23 heavy (non-hydrogen) atoms. The molecule has 1 atom stereocenters. The van der Waals surface area contributed by atoms with Gasteiger partial charge in [0.05, 0.1) is 7.11 Å². The number of ketones is 1. The Hall–Kier alpha value is -2.62. The van der Waals surface area contributed by atoms with E-state index in [-0.39, 0.29) is 11.7 Å². The molecule has 0 aliphatic carbocycles. The number of carbonyl (C=O) groups is 2. The number of ether oxygens (including phenoxy) is 1. The molecular weight excluding hydrogens is 290 g/mol. The van der Waals surface area contributed by atoms with Crippen LogP contribution in [0.4, 0.5) is 5.69 Å². The summed E-state index contributed by atoms with van der Waals surface area (Å²) in [4.78, 5) is 26.7. The normalized spacial score (nSPS) is 17.4. The van der Waals surface area contributed by atoms with E-state index in [1.165, 1.54) is 0 Å². The number of benzene rings is 2. The Bertz CT molecular complexity index is 719. The lowest BCUT2D eigenvalue weighted by atomic mass is 10.0. The number of Topliss-reactive ketones (excluding diaryl/α,β-unsaturated/α-hetero) is 1. The number of hydrogen-bond acceptors (Lipinski definition) is 3. The SMILES string of the molecule is COc1ccc(N2C(=O)CCC2C(=O)c2ccc(C)cc2)cc1. The highest BCUT2D eigenvalue weighted by Gasteiger charge is 2.37. The van der Waals surface area contributed by atoms with Crippen LogP contribution >= 0.6 is 0 Å². The highest BCUT2D eigenvalue weighted by molar-refractivity contribution is 6.10. The maximum absolute atomic E-state index is 12.8. The Balaban J connectivity index is 1.89. The molecule has 0 bridgehead atoms. The maximum Gasteiger partial charge on any atom is 0.227 e. The minimum Gasteiger partial charge on any atom is -0.497 e. The van der Waals surface area contributed by atoms with Gasteiger partial charge in [-0.3, -0.25) is 9.59 Å². The second-order valence-electron chi connectivity index (χ2n) is 5.75. The summed E-state index contributed by atoms with van der Waals surface area (Å²) < 4.78 is 5.14. The Morgan fingerprint density at radius 3 is 2.35 bits per heavy atom. The molecule has 4 nitrogen and oxygen atoms in total. The van der Waals surface area contributed by atoms with Crippen LogP contribution in [0.5, 0.6) is 5.75 Å². The summed E-state index contributed by atoms with van der Waals surface area (Å²) >= 11 is 0. The first-order valence-electron chi connectivity index (χ1n) is 7.67. The lowest BCUT2D eigenvalue weighted by molar-refractivity contribution is -0.117. The van der Waals surface area contributed by atoms with E-state index in [1.54, 1.807) is 24.1 Å². The average Bonchev–Trinajstić information content (AvgIpc) is 2.96. The topological polar surface area (TPSA) is 46.6 Å². The largest absolute Gasteiger partial charge is 0.497 e. The zero-order valence-electron chi connectivity index (χ0n) is 13.3. The minimum atomic E-state index is -0.432. The number of aryl methyl sites for hydroxylation is 1. The van der Waals surface area contributed by atoms with E-state index in [1.807, 2.05) is 43.3 Å². The average molecular weight is 309 g/mol. The van der Waals surface area contributed by atoms with Gasteiger partial charge >= 0.3 is 0 Å². The van der Waals surface area contributed by atoms with Crippen molar-refractivity contribution in [1.82, 2.24) is 0 Å². The molecule has 0 aromatic heterocycles. The molecule has 1 aliphatic heterocycles. The van der Waals surface area contributed by atoms with E-state index in [9.17, 15) is 9.59 Å². The van der Waals surface area contributed by atoms with Crippen LogP contribution in [0.2, 0.25) is 0 Å². The van der Waals surface area contributed by atoms with Crippen LogP contribution in [-0.4, -0.2) is 24.8 Å². The number of methoxy groups -OCH3 is 1. The van der Waals surface area contributed by atoms with Gasteiger partial charge in [-0.1, -0.05) is 29.8 Å². The fourth-order valence-corrected chi connectivity index (χ4v) is 2.91. The Kier molecular flexibility index (Phi) is 4.15. The third-order valence-corrected chi connectivity index (χ3v) is 4.20. The van der Waals surface area contributed by atoms with Gasteiger partial charge < -0.3 is 9.64 Å². The predicted molar refractivity (Wildman–Crippen MR) is 89.0 cm³/mol. The summed E-state index contributed by atoms with van der Waals surface area (Å²) in [6.45, 7) is 1.98. The van der Waals surface area contributed by atoms with E-state index in [2.05, 4.69) is 0 Å². The van der Waals surface area contributed by atoms with Crippen molar-refractivity contribution in [2.75, 3.05) is 12.0 Å². The van der Waals surface area contributed by atoms with E-state index >= 15 is 0 Å². The number of amides is 1. The summed E-state index contributed by atoms with van der Waals surface area (Å²) in [6, 6.07) is 14.3. The van der Waals surface area contributed by atoms with E-state index in [0.29, 0.717) is 18.4 Å². The minimum absolute atomic E-state index is 0.00771. The first-order chi connectivity index (χ1) is 11.1. The summed E-state index contributed by atoms with van der Waals surface area (Å²) in [5, 5.41) is 0. The molecule has 1 amide bonds. The van der Waals surface area contributed by atoms with Crippen molar-refractivity contribution in [2.45, 2.75) is 25.8 Å². The molecule has 0 radical (unpaired) electrons. The van der Waals surface area contributed by atoms with Crippen LogP contribution in [0.3, 0.4) is 0 Å². The summed E-state index contributed by atoms with van der Waals surface area (Å²) in [6.07, 6.45) is 0.950. The van der Waals surface area contributed by atoms with E-state index < -0.39 is 6.04 Å². The zero-order valence-corrected chi connectivity index (χ0v) is 13.3. The lowest BCUT2D eigenvalue weighted by Gasteiger charge is -2.24. The third-order valence-electron chi connectivity index (χ3n) is 4.20. The lowest BCUT2D eigenvalue weighted by Crippen LogP contribution is -2.38. The Labute approximate surface area is 135 Å². The summed E-state index contributed by atoms with van der Waals surface area (Å²) in [5.41, 5.74) is 2.49. The number of hydrogen-bond donors (Lipinski definition) is 0. The molecule has 1 saturated heterocycles. The van der Waals surface area contributed by atoms with Gasteiger partial charge in [0.2, 0.25) is 5.91 Å². The van der Waals surface area contributed by atoms with Crippen molar-refractivity contribution in [3.05, 3.63) is 59.7 Å². The van der Waals surface area contributed by atoms with Crippen molar-refractivity contribution in [3.8, 4) is 5.75 Å². The van der Waals surface area contributed by atoms with Gasteiger partial charge in [0.1, 0.15) is 11.8 Å². The molecule has 2 aromatic carbocycles. The number of nitrogens with zero attached hydrogens (tertiary/aromatic N) is 1. The molecule has 2 aromatic rings. The molecular formula is C19H19NO3. The van der Waals surface area contributed by atoms with Crippen LogP contribution < -0.4 is 9.64 Å². The van der Waals surface area contributed by atoms with Crippen LogP contribution in [0, 0.1) is 6.92 Å².